The van der Waals surface area contributed by atoms with Gasteiger partial charge in [0.25, 0.3) is 0 Å². The average molecular weight is 396 g/mol. The van der Waals surface area contributed by atoms with E-state index in [0.29, 0.717) is 0 Å². The van der Waals surface area contributed by atoms with Crippen LogP contribution in [0.1, 0.15) is 37.7 Å². The first-order valence-corrected chi connectivity index (χ1v) is 10.9. The van der Waals surface area contributed by atoms with Crippen LogP contribution >= 0.6 is 0 Å². The molecule has 0 spiro atoms. The van der Waals surface area contributed by atoms with E-state index in [2.05, 4.69) is 45.6 Å². The molecule has 1 N–H and O–H groups in total. The summed E-state index contributed by atoms with van der Waals surface area (Å²) in [7, 11) is 0. The van der Waals surface area contributed by atoms with E-state index >= 15 is 0 Å². The molecule has 29 heavy (non-hydrogen) atoms. The van der Waals surface area contributed by atoms with Crippen molar-refractivity contribution in [1.82, 2.24) is 15.2 Å². The standard InChI is InChI=1S/C22H29N5O2/c28-22-18-14-23-27(17-9-12-29-13-10-17)21(18)24-20(25-22)19-8-4-5-11-26(19)15-16-6-2-1-3-7-16/h1-3,6-7,14,17-20H,4-5,8-13,15H2,(H,25,28)/t18-,19-,20-/m0/s1. The number of amides is 1. The predicted octanol–water partition coefficient (Wildman–Crippen LogP) is 1.99. The van der Waals surface area contributed by atoms with Crippen molar-refractivity contribution in [2.45, 2.75) is 56.9 Å². The highest BCUT2D eigenvalue weighted by molar-refractivity contribution is 6.18. The van der Waals surface area contributed by atoms with Crippen LogP contribution in [0.5, 0.6) is 0 Å². The number of hydrogen-bond donors (Lipinski definition) is 1. The number of hydrogen-bond acceptors (Lipinski definition) is 6. The van der Waals surface area contributed by atoms with Gasteiger partial charge in [-0.3, -0.25) is 9.69 Å². The zero-order valence-corrected chi connectivity index (χ0v) is 16.7. The van der Waals surface area contributed by atoms with Gasteiger partial charge in [0, 0.05) is 26.0 Å². The Morgan fingerprint density at radius 3 is 2.76 bits per heavy atom. The summed E-state index contributed by atoms with van der Waals surface area (Å²) in [5, 5.41) is 9.76. The summed E-state index contributed by atoms with van der Waals surface area (Å²) in [5.41, 5.74) is 1.31. The molecule has 0 saturated carbocycles. The fraction of sp³-hybridized carbons (Fsp3) is 0.591. The summed E-state index contributed by atoms with van der Waals surface area (Å²) in [6.45, 7) is 3.43. The molecule has 4 heterocycles. The molecule has 2 saturated heterocycles. The number of amidine groups is 1. The lowest BCUT2D eigenvalue weighted by Crippen LogP contribution is -2.58. The molecule has 4 aliphatic heterocycles. The number of carbonyl (C=O) groups excluding carboxylic acids is 1. The van der Waals surface area contributed by atoms with Crippen molar-refractivity contribution >= 4 is 18.0 Å². The first kappa shape index (κ1) is 18.8. The lowest BCUT2D eigenvalue weighted by atomic mass is 9.96. The van der Waals surface area contributed by atoms with E-state index in [-0.39, 0.29) is 30.1 Å². The second-order valence-electron chi connectivity index (χ2n) is 8.39. The summed E-state index contributed by atoms with van der Waals surface area (Å²) in [6.07, 6.45) is 6.83. The summed E-state index contributed by atoms with van der Waals surface area (Å²) in [4.78, 5) is 20.4. The molecule has 0 unspecified atom stereocenters. The number of aliphatic imine (C=N–C) groups is 1. The van der Waals surface area contributed by atoms with Crippen molar-refractivity contribution in [2.24, 2.45) is 16.0 Å². The molecule has 5 rings (SSSR count). The maximum absolute atomic E-state index is 12.9. The van der Waals surface area contributed by atoms with Crippen molar-refractivity contribution in [3.63, 3.8) is 0 Å². The monoisotopic (exact) mass is 395 g/mol. The highest BCUT2D eigenvalue weighted by Gasteiger charge is 2.43. The van der Waals surface area contributed by atoms with Crippen LogP contribution in [0.4, 0.5) is 0 Å². The molecule has 1 amide bonds. The number of ether oxygens (including phenoxy) is 1. The molecular formula is C22H29N5O2. The Kier molecular flexibility index (Phi) is 5.33. The summed E-state index contributed by atoms with van der Waals surface area (Å²) < 4.78 is 5.50. The Hall–Kier alpha value is -2.25. The third-order valence-electron chi connectivity index (χ3n) is 6.49. The van der Waals surface area contributed by atoms with Gasteiger partial charge < -0.3 is 10.1 Å². The SMILES string of the molecule is O=C1N[C@@H]([C@@H]2CCCCN2Cc2ccccc2)N=C2[C@@H]1C=NN2C1CCOCC1. The quantitative estimate of drug-likeness (QED) is 0.847. The third-order valence-corrected chi connectivity index (χ3v) is 6.49. The van der Waals surface area contributed by atoms with E-state index in [1.807, 2.05) is 5.01 Å². The Bertz CT molecular complexity index is 790. The van der Waals surface area contributed by atoms with Crippen LogP contribution in [0.15, 0.2) is 40.4 Å². The van der Waals surface area contributed by atoms with Crippen molar-refractivity contribution < 1.29 is 9.53 Å². The second kappa shape index (κ2) is 8.24. The molecule has 154 valence electrons. The van der Waals surface area contributed by atoms with Crippen LogP contribution < -0.4 is 5.32 Å². The minimum atomic E-state index is -0.347. The number of likely N-dealkylation sites (tertiary alicyclic amines) is 1. The highest BCUT2D eigenvalue weighted by Crippen LogP contribution is 2.29. The van der Waals surface area contributed by atoms with E-state index in [0.717, 1.165) is 51.4 Å². The predicted molar refractivity (Wildman–Crippen MR) is 112 cm³/mol. The topological polar surface area (TPSA) is 69.5 Å². The number of rotatable bonds is 4. The highest BCUT2D eigenvalue weighted by atomic mass is 16.5. The van der Waals surface area contributed by atoms with Gasteiger partial charge in [0.15, 0.2) is 0 Å². The Balaban J connectivity index is 1.37. The van der Waals surface area contributed by atoms with Crippen molar-refractivity contribution in [3.05, 3.63) is 35.9 Å². The van der Waals surface area contributed by atoms with Gasteiger partial charge in [-0.05, 0) is 37.8 Å². The Morgan fingerprint density at radius 2 is 1.93 bits per heavy atom. The van der Waals surface area contributed by atoms with E-state index in [1.54, 1.807) is 6.21 Å². The molecule has 3 atom stereocenters. The molecule has 2 fully saturated rings. The fourth-order valence-electron chi connectivity index (χ4n) is 4.92. The summed E-state index contributed by atoms with van der Waals surface area (Å²) in [6, 6.07) is 11.1. The summed E-state index contributed by atoms with van der Waals surface area (Å²) in [5.74, 6) is 0.514. The lowest BCUT2D eigenvalue weighted by molar-refractivity contribution is -0.123. The molecule has 1 aromatic rings. The van der Waals surface area contributed by atoms with Crippen molar-refractivity contribution in [2.75, 3.05) is 19.8 Å². The van der Waals surface area contributed by atoms with Gasteiger partial charge in [0.2, 0.25) is 5.91 Å². The first-order valence-electron chi connectivity index (χ1n) is 10.9. The molecule has 0 aliphatic carbocycles. The van der Waals surface area contributed by atoms with Crippen LogP contribution in [-0.4, -0.2) is 65.9 Å². The average Bonchev–Trinajstić information content (AvgIpc) is 3.20. The molecule has 0 radical (unpaired) electrons. The number of hydrazone groups is 1. The molecule has 1 aromatic carbocycles. The van der Waals surface area contributed by atoms with E-state index in [1.165, 1.54) is 18.4 Å². The second-order valence-corrected chi connectivity index (χ2v) is 8.39. The summed E-state index contributed by atoms with van der Waals surface area (Å²) >= 11 is 0. The lowest BCUT2D eigenvalue weighted by Gasteiger charge is -2.41. The largest absolute Gasteiger partial charge is 0.381 e. The van der Waals surface area contributed by atoms with Gasteiger partial charge in [-0.2, -0.15) is 5.10 Å². The molecule has 0 aromatic heterocycles. The van der Waals surface area contributed by atoms with Crippen LogP contribution in [0.2, 0.25) is 0 Å². The minimum absolute atomic E-state index is 0.0311. The van der Waals surface area contributed by atoms with E-state index < -0.39 is 0 Å². The van der Waals surface area contributed by atoms with Crippen LogP contribution in [0.25, 0.3) is 0 Å². The zero-order chi connectivity index (χ0) is 19.6. The normalized spacial score (nSPS) is 30.8. The van der Waals surface area contributed by atoms with Crippen molar-refractivity contribution in [1.29, 1.82) is 0 Å². The number of carbonyl (C=O) groups is 1. The number of nitrogens with one attached hydrogen (secondary N) is 1. The third kappa shape index (κ3) is 3.81. The van der Waals surface area contributed by atoms with Gasteiger partial charge in [-0.1, -0.05) is 36.8 Å². The van der Waals surface area contributed by atoms with Crippen molar-refractivity contribution in [3.8, 4) is 0 Å². The Morgan fingerprint density at radius 1 is 1.10 bits per heavy atom. The number of benzene rings is 1. The number of fused-ring (bicyclic) bond motifs is 1. The molecule has 4 aliphatic rings. The van der Waals surface area contributed by atoms with Gasteiger partial charge in [-0.15, -0.1) is 0 Å². The van der Waals surface area contributed by atoms with Crippen LogP contribution in [0, 0.1) is 5.92 Å². The van der Waals surface area contributed by atoms with Gasteiger partial charge in [0.1, 0.15) is 17.9 Å². The van der Waals surface area contributed by atoms with Crippen LogP contribution in [-0.2, 0) is 16.1 Å². The van der Waals surface area contributed by atoms with E-state index in [4.69, 9.17) is 9.73 Å². The maximum atomic E-state index is 12.9. The van der Waals surface area contributed by atoms with E-state index in [9.17, 15) is 4.79 Å². The molecular weight excluding hydrogens is 366 g/mol. The number of piperidine rings is 1. The van der Waals surface area contributed by atoms with Gasteiger partial charge >= 0.3 is 0 Å². The van der Waals surface area contributed by atoms with Gasteiger partial charge in [-0.25, -0.2) is 10.0 Å². The number of nitrogens with zero attached hydrogens (tertiary/aromatic N) is 4. The smallest absolute Gasteiger partial charge is 0.238 e. The molecule has 7 nitrogen and oxygen atoms in total. The molecule has 0 bridgehead atoms. The maximum Gasteiger partial charge on any atom is 0.238 e. The molecule has 7 heteroatoms. The zero-order valence-electron chi connectivity index (χ0n) is 16.7. The van der Waals surface area contributed by atoms with Gasteiger partial charge in [0.05, 0.1) is 12.1 Å². The van der Waals surface area contributed by atoms with Crippen LogP contribution in [0.3, 0.4) is 0 Å². The Labute approximate surface area is 171 Å². The minimum Gasteiger partial charge on any atom is -0.381 e. The first-order chi connectivity index (χ1) is 14.3. The fourth-order valence-corrected chi connectivity index (χ4v) is 4.92.